The molecule has 1 aliphatic heterocycles. The van der Waals surface area contributed by atoms with E-state index in [2.05, 4.69) is 4.90 Å². The fourth-order valence-corrected chi connectivity index (χ4v) is 4.87. The van der Waals surface area contributed by atoms with Crippen molar-refractivity contribution in [3.05, 3.63) is 94.1 Å². The molecule has 4 aromatic rings. The van der Waals surface area contributed by atoms with Crippen LogP contribution < -0.4 is 4.74 Å². The third-order valence-corrected chi connectivity index (χ3v) is 7.08. The minimum absolute atomic E-state index is 0.0547. The first kappa shape index (κ1) is 22.8. The van der Waals surface area contributed by atoms with E-state index in [-0.39, 0.29) is 5.91 Å². The van der Waals surface area contributed by atoms with Gasteiger partial charge in [-0.05, 0) is 35.9 Å². The molecular formula is C27H25Cl2N3O2. The molecule has 5 nitrogen and oxygen atoms in total. The van der Waals surface area contributed by atoms with E-state index >= 15 is 0 Å². The van der Waals surface area contributed by atoms with E-state index < -0.39 is 0 Å². The Labute approximate surface area is 209 Å². The van der Waals surface area contributed by atoms with Crippen LogP contribution in [0.5, 0.6) is 5.75 Å². The zero-order chi connectivity index (χ0) is 23.7. The molecule has 0 spiro atoms. The standard InChI is InChI=1S/C27H25Cl2N3O2/c1-34-26-9-5-4-8-25(26)32-18-21(20-6-2-3-7-24(20)32)27(33)31-14-12-30(13-15-31)17-19-10-11-22(28)23(29)16-19/h2-11,16,18H,12-15,17H2,1H3. The Kier molecular flexibility index (Phi) is 6.50. The molecule has 0 bridgehead atoms. The average Bonchev–Trinajstić information content (AvgIpc) is 3.26. The number of hydrogen-bond acceptors (Lipinski definition) is 3. The van der Waals surface area contributed by atoms with Gasteiger partial charge in [-0.25, -0.2) is 0 Å². The predicted octanol–water partition coefficient (Wildman–Crippen LogP) is 5.90. The van der Waals surface area contributed by atoms with Crippen LogP contribution in [0.3, 0.4) is 0 Å². The van der Waals surface area contributed by atoms with E-state index in [0.29, 0.717) is 28.7 Å². The summed E-state index contributed by atoms with van der Waals surface area (Å²) in [6, 6.07) is 21.6. The lowest BCUT2D eigenvalue weighted by molar-refractivity contribution is 0.0630. The van der Waals surface area contributed by atoms with E-state index in [9.17, 15) is 4.79 Å². The summed E-state index contributed by atoms with van der Waals surface area (Å²) in [7, 11) is 1.66. The summed E-state index contributed by atoms with van der Waals surface area (Å²) in [6.07, 6.45) is 1.94. The van der Waals surface area contributed by atoms with E-state index in [1.54, 1.807) is 7.11 Å². The molecule has 0 unspecified atom stereocenters. The van der Waals surface area contributed by atoms with Crippen LogP contribution in [0.15, 0.2) is 72.9 Å². The van der Waals surface area contributed by atoms with Crippen molar-refractivity contribution in [2.75, 3.05) is 33.3 Å². The summed E-state index contributed by atoms with van der Waals surface area (Å²) in [5.41, 5.74) is 3.72. The van der Waals surface area contributed by atoms with E-state index in [1.165, 1.54) is 0 Å². The number of piperazine rings is 1. The van der Waals surface area contributed by atoms with Gasteiger partial charge in [0.05, 0.1) is 33.9 Å². The normalized spacial score (nSPS) is 14.5. The number of benzene rings is 3. The lowest BCUT2D eigenvalue weighted by Crippen LogP contribution is -2.48. The molecule has 7 heteroatoms. The maximum atomic E-state index is 13.6. The molecule has 0 N–H and O–H groups in total. The molecule has 1 aliphatic rings. The van der Waals surface area contributed by atoms with E-state index in [1.807, 2.05) is 82.4 Å². The molecule has 3 aromatic carbocycles. The van der Waals surface area contributed by atoms with Gasteiger partial charge in [0.15, 0.2) is 0 Å². The van der Waals surface area contributed by atoms with Crippen molar-refractivity contribution in [1.82, 2.24) is 14.4 Å². The summed E-state index contributed by atoms with van der Waals surface area (Å²) in [5, 5.41) is 2.07. The smallest absolute Gasteiger partial charge is 0.256 e. The molecule has 1 saturated heterocycles. The highest BCUT2D eigenvalue weighted by Crippen LogP contribution is 2.31. The van der Waals surface area contributed by atoms with Crippen LogP contribution in [-0.4, -0.2) is 53.6 Å². The van der Waals surface area contributed by atoms with E-state index in [4.69, 9.17) is 27.9 Å². The highest BCUT2D eigenvalue weighted by Gasteiger charge is 2.25. The first-order chi connectivity index (χ1) is 16.5. The highest BCUT2D eigenvalue weighted by molar-refractivity contribution is 6.42. The van der Waals surface area contributed by atoms with Gasteiger partial charge >= 0.3 is 0 Å². The molecular weight excluding hydrogens is 469 g/mol. The number of fused-ring (bicyclic) bond motifs is 1. The van der Waals surface area contributed by atoms with Crippen molar-refractivity contribution in [3.8, 4) is 11.4 Å². The second kappa shape index (κ2) is 9.71. The number of ether oxygens (including phenoxy) is 1. The summed E-state index contributed by atoms with van der Waals surface area (Å²) < 4.78 is 7.62. The zero-order valence-corrected chi connectivity index (χ0v) is 20.4. The first-order valence-corrected chi connectivity index (χ1v) is 12.0. The van der Waals surface area contributed by atoms with Gasteiger partial charge in [0.25, 0.3) is 5.91 Å². The van der Waals surface area contributed by atoms with Gasteiger partial charge in [-0.3, -0.25) is 9.69 Å². The Morgan fingerprint density at radius 1 is 0.912 bits per heavy atom. The molecule has 2 heterocycles. The number of hydrogen-bond donors (Lipinski definition) is 0. The lowest BCUT2D eigenvalue weighted by atomic mass is 10.1. The fraction of sp³-hybridized carbons (Fsp3) is 0.222. The Balaban J connectivity index is 1.36. The zero-order valence-electron chi connectivity index (χ0n) is 18.9. The molecule has 34 heavy (non-hydrogen) atoms. The molecule has 174 valence electrons. The lowest BCUT2D eigenvalue weighted by Gasteiger charge is -2.34. The SMILES string of the molecule is COc1ccccc1-n1cc(C(=O)N2CCN(Cc3ccc(Cl)c(Cl)c3)CC2)c2ccccc21. The third kappa shape index (κ3) is 4.39. The number of carbonyl (C=O) groups is 1. The van der Waals surface area contributed by atoms with Gasteiger partial charge in [0.2, 0.25) is 0 Å². The van der Waals surface area contributed by atoms with Gasteiger partial charge < -0.3 is 14.2 Å². The number of para-hydroxylation sites is 3. The second-order valence-electron chi connectivity index (χ2n) is 8.42. The van der Waals surface area contributed by atoms with Gasteiger partial charge in [-0.1, -0.05) is 59.6 Å². The van der Waals surface area contributed by atoms with Crippen molar-refractivity contribution in [2.45, 2.75) is 6.54 Å². The minimum atomic E-state index is 0.0547. The Hall–Kier alpha value is -2.99. The van der Waals surface area contributed by atoms with E-state index in [0.717, 1.165) is 47.5 Å². The number of methoxy groups -OCH3 is 1. The van der Waals surface area contributed by atoms with Gasteiger partial charge in [-0.15, -0.1) is 0 Å². The van der Waals surface area contributed by atoms with Crippen molar-refractivity contribution in [3.63, 3.8) is 0 Å². The summed E-state index contributed by atoms with van der Waals surface area (Å²) >= 11 is 12.2. The minimum Gasteiger partial charge on any atom is -0.495 e. The van der Waals surface area contributed by atoms with Crippen LogP contribution in [-0.2, 0) is 6.54 Å². The highest BCUT2D eigenvalue weighted by atomic mass is 35.5. The number of rotatable bonds is 5. The maximum Gasteiger partial charge on any atom is 0.256 e. The number of amides is 1. The number of nitrogens with zero attached hydrogens (tertiary/aromatic N) is 3. The maximum absolute atomic E-state index is 13.6. The molecule has 0 atom stereocenters. The van der Waals surface area contributed by atoms with Crippen molar-refractivity contribution in [2.24, 2.45) is 0 Å². The number of carbonyl (C=O) groups excluding carboxylic acids is 1. The summed E-state index contributed by atoms with van der Waals surface area (Å²) in [4.78, 5) is 17.9. The van der Waals surface area contributed by atoms with Crippen LogP contribution >= 0.6 is 23.2 Å². The van der Waals surface area contributed by atoms with Crippen molar-refractivity contribution < 1.29 is 9.53 Å². The monoisotopic (exact) mass is 493 g/mol. The Bertz CT molecular complexity index is 1340. The van der Waals surface area contributed by atoms with Crippen molar-refractivity contribution >= 4 is 40.0 Å². The molecule has 0 radical (unpaired) electrons. The molecule has 0 saturated carbocycles. The first-order valence-electron chi connectivity index (χ1n) is 11.2. The quantitative estimate of drug-likeness (QED) is 0.347. The fourth-order valence-electron chi connectivity index (χ4n) is 4.55. The van der Waals surface area contributed by atoms with Gasteiger partial charge in [0.1, 0.15) is 5.75 Å². The third-order valence-electron chi connectivity index (χ3n) is 6.34. The Morgan fingerprint density at radius 3 is 2.41 bits per heavy atom. The largest absolute Gasteiger partial charge is 0.495 e. The van der Waals surface area contributed by atoms with Crippen LogP contribution in [0, 0.1) is 0 Å². The van der Waals surface area contributed by atoms with Crippen LogP contribution in [0.1, 0.15) is 15.9 Å². The van der Waals surface area contributed by atoms with Gasteiger partial charge in [0, 0.05) is 44.3 Å². The van der Waals surface area contributed by atoms with Crippen LogP contribution in [0.25, 0.3) is 16.6 Å². The molecule has 1 fully saturated rings. The predicted molar refractivity (Wildman–Crippen MR) is 137 cm³/mol. The number of halogens is 2. The molecule has 5 rings (SSSR count). The summed E-state index contributed by atoms with van der Waals surface area (Å²) in [5.74, 6) is 0.817. The molecule has 1 aromatic heterocycles. The molecule has 1 amide bonds. The van der Waals surface area contributed by atoms with Crippen LogP contribution in [0.4, 0.5) is 0 Å². The average molecular weight is 494 g/mol. The van der Waals surface area contributed by atoms with Crippen molar-refractivity contribution in [1.29, 1.82) is 0 Å². The summed E-state index contributed by atoms with van der Waals surface area (Å²) in [6.45, 7) is 3.74. The second-order valence-corrected chi connectivity index (χ2v) is 9.23. The topological polar surface area (TPSA) is 37.7 Å². The van der Waals surface area contributed by atoms with Crippen LogP contribution in [0.2, 0.25) is 10.0 Å². The number of aromatic nitrogens is 1. The Morgan fingerprint density at radius 2 is 1.65 bits per heavy atom. The molecule has 0 aliphatic carbocycles. The van der Waals surface area contributed by atoms with Gasteiger partial charge in [-0.2, -0.15) is 0 Å².